The van der Waals surface area contributed by atoms with Gasteiger partial charge in [0.2, 0.25) is 5.88 Å². The molecule has 2 heterocycles. The lowest BCUT2D eigenvalue weighted by molar-refractivity contribution is 0.0711. The van der Waals surface area contributed by atoms with Gasteiger partial charge in [-0.3, -0.25) is 4.79 Å². The molecule has 0 aromatic carbocycles. The summed E-state index contributed by atoms with van der Waals surface area (Å²) in [5.74, 6) is 1.19. The topological polar surface area (TPSA) is 52.1 Å². The van der Waals surface area contributed by atoms with E-state index in [-0.39, 0.29) is 11.9 Å². The first kappa shape index (κ1) is 13.3. The average Bonchev–Trinajstić information content (AvgIpc) is 2.36. The van der Waals surface area contributed by atoms with Gasteiger partial charge in [0, 0.05) is 23.3 Å². The van der Waals surface area contributed by atoms with E-state index in [9.17, 15) is 4.79 Å². The molecule has 0 atom stereocenters. The van der Waals surface area contributed by atoms with E-state index >= 15 is 0 Å². The maximum absolute atomic E-state index is 11.7. The molecule has 1 aliphatic rings. The van der Waals surface area contributed by atoms with Crippen molar-refractivity contribution in [1.29, 1.82) is 0 Å². The van der Waals surface area contributed by atoms with Crippen molar-refractivity contribution in [2.24, 2.45) is 5.92 Å². The van der Waals surface area contributed by atoms with Crippen LogP contribution in [0.25, 0.3) is 10.8 Å². The number of fused-ring (bicyclic) bond motifs is 1. The maximum atomic E-state index is 11.7. The fraction of sp³-hybridized carbons (Fsp3) is 0.400. The Morgan fingerprint density at radius 3 is 2.70 bits per heavy atom. The number of carbonyl (C=O) groups excluding carboxylic acids is 1. The molecule has 1 aliphatic carbocycles. The van der Waals surface area contributed by atoms with E-state index in [1.165, 1.54) is 6.92 Å². The summed E-state index contributed by atoms with van der Waals surface area (Å²) in [6.45, 7) is 3.71. The van der Waals surface area contributed by atoms with Gasteiger partial charge in [0.15, 0.2) is 5.78 Å². The van der Waals surface area contributed by atoms with Crippen molar-refractivity contribution in [3.8, 4) is 5.88 Å². The first-order chi connectivity index (χ1) is 9.54. The number of Topliss-reactive ketones (excluding diaryl/α,β-unsaturated/α-hetero) is 1. The standard InChI is InChI=1S/C15H15ClN2O2/c1-8-3-10(4-8)20-15-13-7-17-14(16)5-11(13)12(6-18-15)9(2)19/h5-8,10H,3-4H2,1-2H3. The van der Waals surface area contributed by atoms with Crippen LogP contribution in [0.5, 0.6) is 5.88 Å². The molecule has 20 heavy (non-hydrogen) atoms. The van der Waals surface area contributed by atoms with Crippen LogP contribution >= 0.6 is 11.6 Å². The van der Waals surface area contributed by atoms with Gasteiger partial charge in [0.1, 0.15) is 11.3 Å². The molecule has 2 aromatic heterocycles. The van der Waals surface area contributed by atoms with Crippen LogP contribution in [0.2, 0.25) is 5.15 Å². The van der Waals surface area contributed by atoms with Crippen LogP contribution in [0.3, 0.4) is 0 Å². The molecule has 4 nitrogen and oxygen atoms in total. The Labute approximate surface area is 122 Å². The summed E-state index contributed by atoms with van der Waals surface area (Å²) in [6, 6.07) is 1.69. The van der Waals surface area contributed by atoms with Crippen molar-refractivity contribution < 1.29 is 9.53 Å². The molecule has 0 amide bonds. The molecule has 2 aromatic rings. The minimum absolute atomic E-state index is 0.0476. The Hall–Kier alpha value is -1.68. The molecule has 0 unspecified atom stereocenters. The van der Waals surface area contributed by atoms with Crippen LogP contribution in [-0.4, -0.2) is 21.9 Å². The molecule has 0 spiro atoms. The van der Waals surface area contributed by atoms with Crippen molar-refractivity contribution in [2.45, 2.75) is 32.8 Å². The molecule has 0 N–H and O–H groups in total. The Morgan fingerprint density at radius 1 is 1.30 bits per heavy atom. The Bertz CT molecular complexity index is 681. The zero-order chi connectivity index (χ0) is 14.3. The van der Waals surface area contributed by atoms with Gasteiger partial charge in [0.05, 0.1) is 5.39 Å². The highest BCUT2D eigenvalue weighted by molar-refractivity contribution is 6.30. The number of carbonyl (C=O) groups is 1. The number of hydrogen-bond donors (Lipinski definition) is 0. The van der Waals surface area contributed by atoms with Gasteiger partial charge in [-0.15, -0.1) is 0 Å². The lowest BCUT2D eigenvalue weighted by Gasteiger charge is -2.32. The fourth-order valence-electron chi connectivity index (χ4n) is 2.54. The number of aromatic nitrogens is 2. The summed E-state index contributed by atoms with van der Waals surface area (Å²) in [4.78, 5) is 20.0. The Balaban J connectivity index is 2.05. The highest BCUT2D eigenvalue weighted by Crippen LogP contribution is 2.34. The minimum atomic E-state index is -0.0476. The number of ether oxygens (including phenoxy) is 1. The molecule has 0 saturated heterocycles. The van der Waals surface area contributed by atoms with E-state index < -0.39 is 0 Å². The number of nitrogens with zero attached hydrogens (tertiary/aromatic N) is 2. The third-order valence-corrected chi connectivity index (χ3v) is 3.90. The smallest absolute Gasteiger partial charge is 0.223 e. The summed E-state index contributed by atoms with van der Waals surface area (Å²) < 4.78 is 5.90. The third kappa shape index (κ3) is 2.36. The second-order valence-corrected chi connectivity index (χ2v) is 5.79. The zero-order valence-electron chi connectivity index (χ0n) is 11.4. The summed E-state index contributed by atoms with van der Waals surface area (Å²) in [7, 11) is 0. The van der Waals surface area contributed by atoms with Gasteiger partial charge in [-0.05, 0) is 31.7 Å². The van der Waals surface area contributed by atoms with Crippen molar-refractivity contribution in [1.82, 2.24) is 9.97 Å². The summed E-state index contributed by atoms with van der Waals surface area (Å²) >= 11 is 5.93. The predicted molar refractivity (Wildman–Crippen MR) is 77.4 cm³/mol. The normalized spacial score (nSPS) is 21.6. The van der Waals surface area contributed by atoms with Gasteiger partial charge < -0.3 is 4.74 Å². The van der Waals surface area contributed by atoms with Gasteiger partial charge in [-0.2, -0.15) is 0 Å². The Kier molecular flexibility index (Phi) is 3.34. The van der Waals surface area contributed by atoms with Gasteiger partial charge in [0.25, 0.3) is 0 Å². The molecular formula is C15H15ClN2O2. The van der Waals surface area contributed by atoms with Gasteiger partial charge in [-0.1, -0.05) is 18.5 Å². The predicted octanol–water partition coefficient (Wildman–Crippen LogP) is 3.66. The second kappa shape index (κ2) is 5.02. The van der Waals surface area contributed by atoms with Crippen molar-refractivity contribution in [3.05, 3.63) is 29.2 Å². The molecule has 0 aliphatic heterocycles. The van der Waals surface area contributed by atoms with E-state index in [0.717, 1.165) is 23.6 Å². The van der Waals surface area contributed by atoms with Crippen LogP contribution < -0.4 is 4.74 Å². The minimum Gasteiger partial charge on any atom is -0.474 e. The maximum Gasteiger partial charge on any atom is 0.223 e. The van der Waals surface area contributed by atoms with Crippen LogP contribution in [0, 0.1) is 5.92 Å². The number of pyridine rings is 2. The number of halogens is 1. The molecule has 1 saturated carbocycles. The van der Waals surface area contributed by atoms with Crippen LogP contribution in [0.1, 0.15) is 37.0 Å². The second-order valence-electron chi connectivity index (χ2n) is 5.40. The molecule has 104 valence electrons. The van der Waals surface area contributed by atoms with Crippen LogP contribution in [0.4, 0.5) is 0 Å². The highest BCUT2D eigenvalue weighted by atomic mass is 35.5. The quantitative estimate of drug-likeness (QED) is 0.639. The molecular weight excluding hydrogens is 276 g/mol. The first-order valence-corrected chi connectivity index (χ1v) is 7.04. The highest BCUT2D eigenvalue weighted by Gasteiger charge is 2.28. The van der Waals surface area contributed by atoms with Crippen molar-refractivity contribution >= 4 is 28.2 Å². The van der Waals surface area contributed by atoms with Gasteiger partial charge >= 0.3 is 0 Å². The first-order valence-electron chi connectivity index (χ1n) is 6.66. The van der Waals surface area contributed by atoms with E-state index in [4.69, 9.17) is 16.3 Å². The number of hydrogen-bond acceptors (Lipinski definition) is 4. The van der Waals surface area contributed by atoms with Crippen LogP contribution in [-0.2, 0) is 0 Å². The fourth-order valence-corrected chi connectivity index (χ4v) is 2.70. The van der Waals surface area contributed by atoms with E-state index in [2.05, 4.69) is 16.9 Å². The third-order valence-electron chi connectivity index (χ3n) is 3.69. The summed E-state index contributed by atoms with van der Waals surface area (Å²) in [5.41, 5.74) is 0.540. The lowest BCUT2D eigenvalue weighted by Crippen LogP contribution is -2.32. The van der Waals surface area contributed by atoms with Crippen molar-refractivity contribution in [3.63, 3.8) is 0 Å². The average molecular weight is 291 g/mol. The lowest BCUT2D eigenvalue weighted by atomic mass is 9.84. The molecule has 1 fully saturated rings. The zero-order valence-corrected chi connectivity index (χ0v) is 12.1. The van der Waals surface area contributed by atoms with E-state index in [1.54, 1.807) is 18.5 Å². The van der Waals surface area contributed by atoms with Crippen LogP contribution in [0.15, 0.2) is 18.5 Å². The Morgan fingerprint density at radius 2 is 2.05 bits per heavy atom. The van der Waals surface area contributed by atoms with Crippen molar-refractivity contribution in [2.75, 3.05) is 0 Å². The van der Waals surface area contributed by atoms with Gasteiger partial charge in [-0.25, -0.2) is 9.97 Å². The molecule has 0 radical (unpaired) electrons. The molecule has 5 heteroatoms. The largest absolute Gasteiger partial charge is 0.474 e. The van der Waals surface area contributed by atoms with E-state index in [0.29, 0.717) is 22.5 Å². The number of ketones is 1. The molecule has 3 rings (SSSR count). The molecule has 0 bridgehead atoms. The monoisotopic (exact) mass is 290 g/mol. The summed E-state index contributed by atoms with van der Waals surface area (Å²) in [6.07, 6.45) is 5.46. The van der Waals surface area contributed by atoms with E-state index in [1.807, 2.05) is 0 Å². The summed E-state index contributed by atoms with van der Waals surface area (Å²) in [5, 5.41) is 1.84. The number of rotatable bonds is 3. The SMILES string of the molecule is CC(=O)c1cnc(OC2CC(C)C2)c2cnc(Cl)cc12.